The van der Waals surface area contributed by atoms with E-state index < -0.39 is 0 Å². The van der Waals surface area contributed by atoms with Crippen LogP contribution >= 0.6 is 35.3 Å². The fraction of sp³-hybridized carbons (Fsp3) is 0.182. The van der Waals surface area contributed by atoms with E-state index in [4.69, 9.17) is 18.0 Å². The van der Waals surface area contributed by atoms with E-state index in [1.54, 1.807) is 4.68 Å². The van der Waals surface area contributed by atoms with Gasteiger partial charge in [-0.3, -0.25) is 4.79 Å². The van der Waals surface area contributed by atoms with Crippen LogP contribution < -0.4 is 5.73 Å². The Morgan fingerprint density at radius 2 is 2.17 bits per heavy atom. The quantitative estimate of drug-likeness (QED) is 0.681. The molecule has 0 saturated carbocycles. The molecule has 0 bridgehead atoms. The molecular weight excluding hydrogens is 286 g/mol. The lowest BCUT2D eigenvalue weighted by atomic mass is 10.3. The molecule has 0 aliphatic rings. The number of benzene rings is 1. The lowest BCUT2D eigenvalue weighted by molar-refractivity contribution is -0.117. The maximum atomic E-state index is 10.6. The Labute approximate surface area is 118 Å². The third kappa shape index (κ3) is 3.41. The van der Waals surface area contributed by atoms with Gasteiger partial charge in [-0.2, -0.15) is 0 Å². The molecule has 0 aliphatic carbocycles. The molecule has 1 heterocycles. The summed E-state index contributed by atoms with van der Waals surface area (Å²) in [5.74, 6) is 0.334. The molecule has 7 heteroatoms. The first-order chi connectivity index (χ1) is 8.66. The van der Waals surface area contributed by atoms with E-state index in [0.717, 1.165) is 10.0 Å². The second kappa shape index (κ2) is 6.12. The number of amides is 1. The van der Waals surface area contributed by atoms with Crippen LogP contribution in [0.4, 0.5) is 0 Å². The highest BCUT2D eigenvalue weighted by Crippen LogP contribution is 2.24. The SMILES string of the molecule is NC(=O)CCSc1nn(-c2ccccc2)c(=S)s1. The molecule has 4 nitrogen and oxygen atoms in total. The number of hydrogen-bond acceptors (Lipinski definition) is 5. The molecule has 0 unspecified atom stereocenters. The standard InChI is InChI=1S/C11H11N3OS3/c12-9(15)6-7-17-10-13-14(11(16)18-10)8-4-2-1-3-5-8/h1-5H,6-7H2,(H2,12,15). The van der Waals surface area contributed by atoms with Crippen molar-refractivity contribution in [3.8, 4) is 5.69 Å². The van der Waals surface area contributed by atoms with E-state index in [2.05, 4.69) is 5.10 Å². The molecule has 0 radical (unpaired) electrons. The second-order valence-electron chi connectivity index (χ2n) is 3.45. The fourth-order valence-electron chi connectivity index (χ4n) is 1.29. The molecule has 0 aliphatic heterocycles. The number of carbonyl (C=O) groups excluding carboxylic acids is 1. The summed E-state index contributed by atoms with van der Waals surface area (Å²) in [5, 5.41) is 4.42. The molecule has 2 N–H and O–H groups in total. The minimum atomic E-state index is -0.298. The molecule has 0 fully saturated rings. The zero-order valence-electron chi connectivity index (χ0n) is 9.41. The highest BCUT2D eigenvalue weighted by Gasteiger charge is 2.06. The van der Waals surface area contributed by atoms with E-state index in [1.165, 1.54) is 23.1 Å². The number of nitrogens with two attached hydrogens (primary N) is 1. The summed E-state index contributed by atoms with van der Waals surface area (Å²) in [6, 6.07) is 9.73. The van der Waals surface area contributed by atoms with Gasteiger partial charge in [-0.05, 0) is 24.4 Å². The predicted octanol–water partition coefficient (Wildman–Crippen LogP) is 2.63. The van der Waals surface area contributed by atoms with Crippen LogP contribution in [0.15, 0.2) is 34.7 Å². The summed E-state index contributed by atoms with van der Waals surface area (Å²) >= 11 is 8.21. The molecule has 18 heavy (non-hydrogen) atoms. The molecule has 1 amide bonds. The Kier molecular flexibility index (Phi) is 4.51. The summed E-state index contributed by atoms with van der Waals surface area (Å²) < 4.78 is 3.28. The predicted molar refractivity (Wildman–Crippen MR) is 76.8 cm³/mol. The number of nitrogens with zero attached hydrogens (tertiary/aromatic N) is 2. The van der Waals surface area contributed by atoms with Crippen molar-refractivity contribution in [2.75, 3.05) is 5.75 Å². The largest absolute Gasteiger partial charge is 0.370 e. The van der Waals surface area contributed by atoms with Crippen molar-refractivity contribution in [1.82, 2.24) is 9.78 Å². The van der Waals surface area contributed by atoms with E-state index in [-0.39, 0.29) is 5.91 Å². The summed E-state index contributed by atoms with van der Waals surface area (Å²) in [5.41, 5.74) is 6.03. The smallest absolute Gasteiger partial charge is 0.218 e. The van der Waals surface area contributed by atoms with Crippen molar-refractivity contribution in [2.45, 2.75) is 10.8 Å². The van der Waals surface area contributed by atoms with Gasteiger partial charge in [-0.25, -0.2) is 4.68 Å². The number of carbonyl (C=O) groups is 1. The average molecular weight is 297 g/mol. The lowest BCUT2D eigenvalue weighted by Crippen LogP contribution is -2.10. The van der Waals surface area contributed by atoms with Gasteiger partial charge in [0.1, 0.15) is 0 Å². The van der Waals surface area contributed by atoms with Gasteiger partial charge in [0.2, 0.25) is 5.91 Å². The number of aromatic nitrogens is 2. The molecule has 0 spiro atoms. The van der Waals surface area contributed by atoms with E-state index in [9.17, 15) is 4.79 Å². The Balaban J connectivity index is 2.13. The summed E-state index contributed by atoms with van der Waals surface area (Å²) in [7, 11) is 0. The van der Waals surface area contributed by atoms with Gasteiger partial charge in [0.05, 0.1) is 5.69 Å². The molecule has 2 aromatic rings. The third-order valence-electron chi connectivity index (χ3n) is 2.10. The number of thioether (sulfide) groups is 1. The van der Waals surface area contributed by atoms with Crippen LogP contribution in [0.2, 0.25) is 0 Å². The van der Waals surface area contributed by atoms with Gasteiger partial charge < -0.3 is 5.73 Å². The van der Waals surface area contributed by atoms with E-state index in [0.29, 0.717) is 16.1 Å². The fourth-order valence-corrected chi connectivity index (χ4v) is 3.68. The molecule has 0 saturated heterocycles. The van der Waals surface area contributed by atoms with E-state index >= 15 is 0 Å². The minimum Gasteiger partial charge on any atom is -0.370 e. The topological polar surface area (TPSA) is 60.9 Å². The normalized spacial score (nSPS) is 10.4. The van der Waals surface area contributed by atoms with Crippen LogP contribution in [0.3, 0.4) is 0 Å². The van der Waals surface area contributed by atoms with Crippen molar-refractivity contribution in [3.63, 3.8) is 0 Å². The highest BCUT2D eigenvalue weighted by molar-refractivity contribution is 8.01. The van der Waals surface area contributed by atoms with Gasteiger partial charge >= 0.3 is 0 Å². The van der Waals surface area contributed by atoms with Gasteiger partial charge in [0, 0.05) is 12.2 Å². The Hall–Kier alpha value is -1.18. The zero-order chi connectivity index (χ0) is 13.0. The first-order valence-electron chi connectivity index (χ1n) is 5.23. The molecule has 1 aromatic carbocycles. The van der Waals surface area contributed by atoms with Crippen molar-refractivity contribution in [1.29, 1.82) is 0 Å². The summed E-state index contributed by atoms with van der Waals surface area (Å²) in [4.78, 5) is 10.6. The monoisotopic (exact) mass is 297 g/mol. The first-order valence-corrected chi connectivity index (χ1v) is 7.44. The van der Waals surface area contributed by atoms with Crippen molar-refractivity contribution in [3.05, 3.63) is 34.3 Å². The molecular formula is C11H11N3OS3. The molecule has 2 rings (SSSR count). The number of rotatable bonds is 5. The van der Waals surface area contributed by atoms with Gasteiger partial charge in [0.25, 0.3) is 0 Å². The third-order valence-corrected chi connectivity index (χ3v) is 4.47. The minimum absolute atomic E-state index is 0.298. The maximum absolute atomic E-state index is 10.6. The van der Waals surface area contributed by atoms with Crippen LogP contribution in [0, 0.1) is 3.95 Å². The highest BCUT2D eigenvalue weighted by atomic mass is 32.2. The lowest BCUT2D eigenvalue weighted by Gasteiger charge is -1.98. The van der Waals surface area contributed by atoms with Crippen molar-refractivity contribution < 1.29 is 4.79 Å². The number of hydrogen-bond donors (Lipinski definition) is 1. The van der Waals surface area contributed by atoms with Crippen molar-refractivity contribution >= 4 is 41.2 Å². The van der Waals surface area contributed by atoms with Gasteiger partial charge in [0.15, 0.2) is 8.29 Å². The molecule has 94 valence electrons. The van der Waals surface area contributed by atoms with Gasteiger partial charge in [-0.15, -0.1) is 5.10 Å². The summed E-state index contributed by atoms with van der Waals surface area (Å²) in [6.45, 7) is 0. The number of para-hydroxylation sites is 1. The zero-order valence-corrected chi connectivity index (χ0v) is 11.9. The van der Waals surface area contributed by atoms with Gasteiger partial charge in [-0.1, -0.05) is 41.3 Å². The molecule has 1 aromatic heterocycles. The van der Waals surface area contributed by atoms with Crippen LogP contribution in [-0.4, -0.2) is 21.4 Å². The van der Waals surface area contributed by atoms with Crippen LogP contribution in [0.25, 0.3) is 5.69 Å². The van der Waals surface area contributed by atoms with Crippen LogP contribution in [0.1, 0.15) is 6.42 Å². The second-order valence-corrected chi connectivity index (χ2v) is 6.41. The average Bonchev–Trinajstić information content (AvgIpc) is 2.71. The maximum Gasteiger partial charge on any atom is 0.218 e. The summed E-state index contributed by atoms with van der Waals surface area (Å²) in [6.07, 6.45) is 0.350. The Morgan fingerprint density at radius 1 is 1.44 bits per heavy atom. The molecule has 0 atom stereocenters. The van der Waals surface area contributed by atoms with E-state index in [1.807, 2.05) is 30.3 Å². The Morgan fingerprint density at radius 3 is 2.83 bits per heavy atom. The van der Waals surface area contributed by atoms with Crippen LogP contribution in [-0.2, 0) is 4.79 Å². The first kappa shape index (κ1) is 13.3. The van der Waals surface area contributed by atoms with Crippen molar-refractivity contribution in [2.24, 2.45) is 5.73 Å². The Bertz CT molecular complexity index is 591. The number of primary amides is 1. The van der Waals surface area contributed by atoms with Crippen LogP contribution in [0.5, 0.6) is 0 Å².